The lowest BCUT2D eigenvalue weighted by Gasteiger charge is -2.17. The standard InChI is InChI=1S/C20H23N3O2S/c1-13-4-7-15(8-5-13)25-11-3-10-23-20(24)18-16-9-6-14(2)12-17(16)26-19(18)21-22-23/h4-5,7-8,14H,3,6,9-12H2,1-2H3/t14-/m0/s1. The van der Waals surface area contributed by atoms with Crippen LogP contribution in [0, 0.1) is 12.8 Å². The highest BCUT2D eigenvalue weighted by molar-refractivity contribution is 7.18. The Hall–Kier alpha value is -2.21. The topological polar surface area (TPSA) is 57.0 Å². The van der Waals surface area contributed by atoms with Crippen molar-refractivity contribution in [3.63, 3.8) is 0 Å². The minimum Gasteiger partial charge on any atom is -0.494 e. The summed E-state index contributed by atoms with van der Waals surface area (Å²) in [6.07, 6.45) is 3.90. The van der Waals surface area contributed by atoms with Gasteiger partial charge in [0.15, 0.2) is 4.83 Å². The predicted octanol–water partition coefficient (Wildman–Crippen LogP) is 3.76. The number of ether oxygens (including phenoxy) is 1. The van der Waals surface area contributed by atoms with Gasteiger partial charge < -0.3 is 4.74 Å². The van der Waals surface area contributed by atoms with Crippen LogP contribution in [-0.4, -0.2) is 21.6 Å². The number of nitrogens with zero attached hydrogens (tertiary/aromatic N) is 3. The van der Waals surface area contributed by atoms with Gasteiger partial charge in [0.05, 0.1) is 12.0 Å². The van der Waals surface area contributed by atoms with Crippen LogP contribution < -0.4 is 10.3 Å². The van der Waals surface area contributed by atoms with Gasteiger partial charge >= 0.3 is 0 Å². The lowest BCUT2D eigenvalue weighted by molar-refractivity contribution is 0.296. The van der Waals surface area contributed by atoms with Gasteiger partial charge in [0.25, 0.3) is 5.56 Å². The summed E-state index contributed by atoms with van der Waals surface area (Å²) in [6.45, 7) is 5.39. The first-order valence-electron chi connectivity index (χ1n) is 9.19. The number of fused-ring (bicyclic) bond motifs is 3. The zero-order valence-corrected chi connectivity index (χ0v) is 16.0. The molecule has 0 spiro atoms. The SMILES string of the molecule is Cc1ccc(OCCCn2nnc3sc4c(c3c2=O)CC[C@H](C)C4)cc1. The molecule has 6 heteroatoms. The molecule has 4 rings (SSSR count). The fourth-order valence-electron chi connectivity index (χ4n) is 3.48. The van der Waals surface area contributed by atoms with Crippen molar-refractivity contribution in [2.75, 3.05) is 6.61 Å². The molecule has 0 bridgehead atoms. The van der Waals surface area contributed by atoms with Crippen molar-refractivity contribution in [2.45, 2.75) is 46.1 Å². The minimum atomic E-state index is -0.00242. The van der Waals surface area contributed by atoms with E-state index in [4.69, 9.17) is 4.74 Å². The summed E-state index contributed by atoms with van der Waals surface area (Å²) in [6, 6.07) is 7.98. The lowest BCUT2D eigenvalue weighted by atomic mass is 9.89. The van der Waals surface area contributed by atoms with Crippen molar-refractivity contribution in [3.8, 4) is 5.75 Å². The van der Waals surface area contributed by atoms with Gasteiger partial charge in [-0.05, 0) is 49.8 Å². The molecule has 0 aliphatic heterocycles. The summed E-state index contributed by atoms with van der Waals surface area (Å²) in [5, 5.41) is 9.24. The molecule has 3 aromatic rings. The Labute approximate surface area is 156 Å². The first-order valence-corrected chi connectivity index (χ1v) is 10.0. The fraction of sp³-hybridized carbons (Fsp3) is 0.450. The molecule has 0 radical (unpaired) electrons. The summed E-state index contributed by atoms with van der Waals surface area (Å²) >= 11 is 1.64. The molecule has 0 saturated carbocycles. The number of benzene rings is 1. The maximum Gasteiger partial charge on any atom is 0.278 e. The van der Waals surface area contributed by atoms with E-state index in [2.05, 4.69) is 24.2 Å². The van der Waals surface area contributed by atoms with E-state index in [1.54, 1.807) is 11.3 Å². The molecule has 0 saturated heterocycles. The zero-order chi connectivity index (χ0) is 18.1. The molecular weight excluding hydrogens is 346 g/mol. The van der Waals surface area contributed by atoms with E-state index in [0.717, 1.165) is 41.6 Å². The average Bonchev–Trinajstić information content (AvgIpc) is 3.00. The lowest BCUT2D eigenvalue weighted by Crippen LogP contribution is -2.25. The van der Waals surface area contributed by atoms with Gasteiger partial charge in [0.1, 0.15) is 5.75 Å². The van der Waals surface area contributed by atoms with Gasteiger partial charge in [-0.15, -0.1) is 16.4 Å². The molecular formula is C20H23N3O2S. The van der Waals surface area contributed by atoms with Crippen molar-refractivity contribution in [1.82, 2.24) is 15.0 Å². The van der Waals surface area contributed by atoms with Crippen LogP contribution in [0.5, 0.6) is 5.75 Å². The summed E-state index contributed by atoms with van der Waals surface area (Å²) in [5.74, 6) is 1.54. The van der Waals surface area contributed by atoms with Crippen LogP contribution >= 0.6 is 11.3 Å². The minimum absolute atomic E-state index is 0.00242. The van der Waals surface area contributed by atoms with Crippen LogP contribution in [0.2, 0.25) is 0 Å². The molecule has 1 atom stereocenters. The van der Waals surface area contributed by atoms with Crippen LogP contribution in [0.3, 0.4) is 0 Å². The largest absolute Gasteiger partial charge is 0.494 e. The number of hydrogen-bond donors (Lipinski definition) is 0. The zero-order valence-electron chi connectivity index (χ0n) is 15.2. The summed E-state index contributed by atoms with van der Waals surface area (Å²) in [4.78, 5) is 15.0. The quantitative estimate of drug-likeness (QED) is 0.643. The maximum atomic E-state index is 12.9. The van der Waals surface area contributed by atoms with Crippen LogP contribution in [0.15, 0.2) is 29.1 Å². The second-order valence-corrected chi connectivity index (χ2v) is 8.25. The first-order chi connectivity index (χ1) is 12.6. The molecule has 0 N–H and O–H groups in total. The van der Waals surface area contributed by atoms with Crippen molar-refractivity contribution in [3.05, 3.63) is 50.6 Å². The molecule has 1 aliphatic carbocycles. The van der Waals surface area contributed by atoms with Gasteiger partial charge in [-0.2, -0.15) is 0 Å². The van der Waals surface area contributed by atoms with Crippen molar-refractivity contribution < 1.29 is 4.74 Å². The van der Waals surface area contributed by atoms with Gasteiger partial charge in [0, 0.05) is 17.8 Å². The Morgan fingerprint density at radius 1 is 1.31 bits per heavy atom. The molecule has 136 valence electrons. The van der Waals surface area contributed by atoms with E-state index in [0.29, 0.717) is 19.1 Å². The van der Waals surface area contributed by atoms with Crippen LogP contribution in [0.25, 0.3) is 10.2 Å². The van der Waals surface area contributed by atoms with E-state index in [1.807, 2.05) is 24.3 Å². The van der Waals surface area contributed by atoms with Gasteiger partial charge in [-0.3, -0.25) is 4.79 Å². The Balaban J connectivity index is 1.46. The summed E-state index contributed by atoms with van der Waals surface area (Å²) < 4.78 is 7.23. The molecule has 0 fully saturated rings. The Kier molecular flexibility index (Phi) is 4.76. The predicted molar refractivity (Wildman–Crippen MR) is 104 cm³/mol. The highest BCUT2D eigenvalue weighted by Gasteiger charge is 2.23. The molecule has 1 aliphatic rings. The molecule has 26 heavy (non-hydrogen) atoms. The van der Waals surface area contributed by atoms with Crippen LogP contribution in [-0.2, 0) is 19.4 Å². The number of aromatic nitrogens is 3. The second kappa shape index (κ2) is 7.19. The normalized spacial score (nSPS) is 16.6. The van der Waals surface area contributed by atoms with Crippen molar-refractivity contribution in [1.29, 1.82) is 0 Å². The Bertz CT molecular complexity index is 975. The molecule has 5 nitrogen and oxygen atoms in total. The van der Waals surface area contributed by atoms with E-state index >= 15 is 0 Å². The van der Waals surface area contributed by atoms with E-state index < -0.39 is 0 Å². The maximum absolute atomic E-state index is 12.9. The van der Waals surface area contributed by atoms with Gasteiger partial charge in [0.2, 0.25) is 0 Å². The van der Waals surface area contributed by atoms with Crippen LogP contribution in [0.4, 0.5) is 0 Å². The second-order valence-electron chi connectivity index (χ2n) is 7.16. The number of rotatable bonds is 5. The van der Waals surface area contributed by atoms with Crippen LogP contribution in [0.1, 0.15) is 35.8 Å². The molecule has 1 aromatic carbocycles. The third-order valence-corrected chi connectivity index (χ3v) is 6.13. The molecule has 0 unspecified atom stereocenters. The third kappa shape index (κ3) is 3.38. The monoisotopic (exact) mass is 369 g/mol. The highest BCUT2D eigenvalue weighted by atomic mass is 32.1. The molecule has 0 amide bonds. The van der Waals surface area contributed by atoms with Gasteiger partial charge in [-0.25, -0.2) is 4.68 Å². The van der Waals surface area contributed by atoms with Crippen molar-refractivity contribution >= 4 is 21.6 Å². The number of aryl methyl sites for hydroxylation is 3. The number of hydrogen-bond acceptors (Lipinski definition) is 5. The Morgan fingerprint density at radius 3 is 2.92 bits per heavy atom. The van der Waals surface area contributed by atoms with Gasteiger partial charge in [-0.1, -0.05) is 29.8 Å². The smallest absolute Gasteiger partial charge is 0.278 e. The molecule has 2 aromatic heterocycles. The van der Waals surface area contributed by atoms with E-state index in [1.165, 1.54) is 20.7 Å². The van der Waals surface area contributed by atoms with E-state index in [-0.39, 0.29) is 5.56 Å². The third-order valence-electron chi connectivity index (χ3n) is 4.99. The summed E-state index contributed by atoms with van der Waals surface area (Å²) in [7, 11) is 0. The summed E-state index contributed by atoms with van der Waals surface area (Å²) in [5.41, 5.74) is 2.42. The fourth-order valence-corrected chi connectivity index (χ4v) is 4.80. The number of thiophene rings is 1. The Morgan fingerprint density at radius 2 is 2.12 bits per heavy atom. The average molecular weight is 369 g/mol. The first kappa shape index (κ1) is 17.2. The highest BCUT2D eigenvalue weighted by Crippen LogP contribution is 2.35. The van der Waals surface area contributed by atoms with Crippen molar-refractivity contribution in [2.24, 2.45) is 5.92 Å². The van der Waals surface area contributed by atoms with E-state index in [9.17, 15) is 4.79 Å². The molecule has 2 heterocycles.